The van der Waals surface area contributed by atoms with Gasteiger partial charge >= 0.3 is 0 Å². The summed E-state index contributed by atoms with van der Waals surface area (Å²) < 4.78 is 11.0. The second-order valence-electron chi connectivity index (χ2n) is 6.64. The van der Waals surface area contributed by atoms with E-state index in [2.05, 4.69) is 16.0 Å². The van der Waals surface area contributed by atoms with Crippen molar-refractivity contribution in [1.82, 2.24) is 4.98 Å². The number of nitrogens with two attached hydrogens (primary N) is 1. The summed E-state index contributed by atoms with van der Waals surface area (Å²) in [6.07, 6.45) is 0.941. The van der Waals surface area contributed by atoms with Gasteiger partial charge in [0.2, 0.25) is 0 Å². The van der Waals surface area contributed by atoms with Gasteiger partial charge < -0.3 is 20.1 Å². The van der Waals surface area contributed by atoms with E-state index in [1.165, 1.54) is 0 Å². The SMILES string of the molecule is COc1cccc(C2CCN(c3nc(C)c(C)cc3C(N)=O)C2)c1OC. The Kier molecular flexibility index (Phi) is 5.02. The second-order valence-corrected chi connectivity index (χ2v) is 6.64. The van der Waals surface area contributed by atoms with E-state index in [-0.39, 0.29) is 5.92 Å². The summed E-state index contributed by atoms with van der Waals surface area (Å²) in [5.41, 5.74) is 9.05. The van der Waals surface area contributed by atoms with Gasteiger partial charge in [-0.05, 0) is 38.0 Å². The Bertz CT molecular complexity index is 835. The van der Waals surface area contributed by atoms with E-state index < -0.39 is 5.91 Å². The average molecular weight is 355 g/mol. The van der Waals surface area contributed by atoms with Crippen molar-refractivity contribution in [3.05, 3.63) is 46.6 Å². The molecule has 0 saturated carbocycles. The lowest BCUT2D eigenvalue weighted by Crippen LogP contribution is -2.26. The van der Waals surface area contributed by atoms with Gasteiger partial charge in [-0.1, -0.05) is 12.1 Å². The first-order valence-corrected chi connectivity index (χ1v) is 8.70. The van der Waals surface area contributed by atoms with Gasteiger partial charge in [-0.15, -0.1) is 0 Å². The van der Waals surface area contributed by atoms with Gasteiger partial charge in [0.1, 0.15) is 5.82 Å². The molecular weight excluding hydrogens is 330 g/mol. The number of anilines is 1. The zero-order valence-electron chi connectivity index (χ0n) is 15.7. The Labute approximate surface area is 153 Å². The highest BCUT2D eigenvalue weighted by atomic mass is 16.5. The van der Waals surface area contributed by atoms with E-state index in [9.17, 15) is 4.79 Å². The average Bonchev–Trinajstić information content (AvgIpc) is 3.12. The Balaban J connectivity index is 1.93. The Morgan fingerprint density at radius 2 is 2.04 bits per heavy atom. The van der Waals surface area contributed by atoms with Gasteiger partial charge in [0, 0.05) is 30.3 Å². The summed E-state index contributed by atoms with van der Waals surface area (Å²) in [5, 5.41) is 0. The van der Waals surface area contributed by atoms with E-state index in [0.717, 1.165) is 47.8 Å². The van der Waals surface area contributed by atoms with Crippen LogP contribution in [0.2, 0.25) is 0 Å². The maximum absolute atomic E-state index is 11.9. The Morgan fingerprint density at radius 1 is 1.27 bits per heavy atom. The highest BCUT2D eigenvalue weighted by molar-refractivity contribution is 5.98. The van der Waals surface area contributed by atoms with E-state index in [1.54, 1.807) is 14.2 Å². The smallest absolute Gasteiger partial charge is 0.252 e. The van der Waals surface area contributed by atoms with Gasteiger partial charge in [-0.3, -0.25) is 4.79 Å². The van der Waals surface area contributed by atoms with Crippen LogP contribution in [-0.2, 0) is 0 Å². The standard InChI is InChI=1S/C20H25N3O3/c1-12-10-16(19(21)24)20(22-13(12)2)23-9-8-14(11-23)15-6-5-7-17(25-3)18(15)26-4/h5-7,10,14H,8-9,11H2,1-4H3,(H2,21,24). The summed E-state index contributed by atoms with van der Waals surface area (Å²) in [4.78, 5) is 18.7. The molecule has 26 heavy (non-hydrogen) atoms. The number of carbonyl (C=O) groups is 1. The molecule has 0 radical (unpaired) electrons. The number of hydrogen-bond acceptors (Lipinski definition) is 5. The first kappa shape index (κ1) is 18.0. The highest BCUT2D eigenvalue weighted by Crippen LogP contribution is 2.40. The number of rotatable bonds is 5. The Morgan fingerprint density at radius 3 is 2.69 bits per heavy atom. The number of pyridine rings is 1. The van der Waals surface area contributed by atoms with Crippen molar-refractivity contribution in [3.8, 4) is 11.5 Å². The molecule has 2 heterocycles. The third-order valence-corrected chi connectivity index (χ3v) is 5.07. The molecule has 0 aliphatic carbocycles. The van der Waals surface area contributed by atoms with E-state index in [1.807, 2.05) is 32.0 Å². The number of hydrogen-bond donors (Lipinski definition) is 1. The fourth-order valence-corrected chi connectivity index (χ4v) is 3.56. The molecule has 1 atom stereocenters. The van der Waals surface area contributed by atoms with Crippen molar-refractivity contribution in [2.75, 3.05) is 32.2 Å². The van der Waals surface area contributed by atoms with Crippen molar-refractivity contribution in [2.45, 2.75) is 26.2 Å². The van der Waals surface area contributed by atoms with Gasteiger partial charge in [0.25, 0.3) is 5.91 Å². The van der Waals surface area contributed by atoms with E-state index >= 15 is 0 Å². The van der Waals surface area contributed by atoms with Crippen LogP contribution in [0.5, 0.6) is 11.5 Å². The number of aryl methyl sites for hydroxylation is 2. The lowest BCUT2D eigenvalue weighted by molar-refractivity contribution is 0.100. The van der Waals surface area contributed by atoms with Gasteiger partial charge in [-0.25, -0.2) is 4.98 Å². The zero-order chi connectivity index (χ0) is 18.8. The van der Waals surface area contributed by atoms with Crippen molar-refractivity contribution >= 4 is 11.7 Å². The minimum Gasteiger partial charge on any atom is -0.493 e. The molecule has 1 fully saturated rings. The molecular formula is C20H25N3O3. The molecule has 1 aliphatic heterocycles. The van der Waals surface area contributed by atoms with Gasteiger partial charge in [0.15, 0.2) is 11.5 Å². The maximum atomic E-state index is 11.9. The first-order chi connectivity index (χ1) is 12.5. The molecule has 1 aromatic heterocycles. The molecule has 6 heteroatoms. The molecule has 1 unspecified atom stereocenters. The fraction of sp³-hybridized carbons (Fsp3) is 0.400. The number of benzene rings is 1. The molecule has 0 spiro atoms. The van der Waals surface area contributed by atoms with Crippen molar-refractivity contribution < 1.29 is 14.3 Å². The number of amides is 1. The van der Waals surface area contributed by atoms with Crippen LogP contribution >= 0.6 is 0 Å². The van der Waals surface area contributed by atoms with Crippen LogP contribution in [0.4, 0.5) is 5.82 Å². The number of carbonyl (C=O) groups excluding carboxylic acids is 1. The molecule has 138 valence electrons. The lowest BCUT2D eigenvalue weighted by atomic mass is 9.97. The molecule has 0 bridgehead atoms. The number of primary amides is 1. The number of ether oxygens (including phenoxy) is 2. The van der Waals surface area contributed by atoms with Crippen LogP contribution in [-0.4, -0.2) is 38.2 Å². The summed E-state index contributed by atoms with van der Waals surface area (Å²) in [7, 11) is 3.30. The quantitative estimate of drug-likeness (QED) is 0.892. The van der Waals surface area contributed by atoms with Crippen LogP contribution in [0.25, 0.3) is 0 Å². The molecule has 1 aliphatic rings. The predicted molar refractivity (Wildman–Crippen MR) is 101 cm³/mol. The number of para-hydroxylation sites is 1. The summed E-state index contributed by atoms with van der Waals surface area (Å²) in [5.74, 6) is 1.99. The minimum atomic E-state index is -0.446. The van der Waals surface area contributed by atoms with Crippen LogP contribution < -0.4 is 20.1 Å². The van der Waals surface area contributed by atoms with Gasteiger partial charge in [-0.2, -0.15) is 0 Å². The summed E-state index contributed by atoms with van der Waals surface area (Å²) in [6.45, 7) is 5.44. The molecule has 6 nitrogen and oxygen atoms in total. The number of nitrogens with zero attached hydrogens (tertiary/aromatic N) is 2. The van der Waals surface area contributed by atoms with Crippen molar-refractivity contribution in [1.29, 1.82) is 0 Å². The summed E-state index contributed by atoms with van der Waals surface area (Å²) >= 11 is 0. The van der Waals surface area contributed by atoms with Crippen molar-refractivity contribution in [2.24, 2.45) is 5.73 Å². The van der Waals surface area contributed by atoms with E-state index in [0.29, 0.717) is 11.4 Å². The minimum absolute atomic E-state index is 0.268. The fourth-order valence-electron chi connectivity index (χ4n) is 3.56. The molecule has 3 rings (SSSR count). The van der Waals surface area contributed by atoms with E-state index in [4.69, 9.17) is 15.2 Å². The van der Waals surface area contributed by atoms with Gasteiger partial charge in [0.05, 0.1) is 19.8 Å². The monoisotopic (exact) mass is 355 g/mol. The first-order valence-electron chi connectivity index (χ1n) is 8.70. The topological polar surface area (TPSA) is 77.7 Å². The normalized spacial score (nSPS) is 16.6. The third kappa shape index (κ3) is 3.19. The molecule has 2 N–H and O–H groups in total. The van der Waals surface area contributed by atoms with Crippen molar-refractivity contribution in [3.63, 3.8) is 0 Å². The summed E-state index contributed by atoms with van der Waals surface area (Å²) in [6, 6.07) is 7.77. The number of methoxy groups -OCH3 is 2. The molecule has 2 aromatic rings. The van der Waals surface area contributed by atoms with Crippen LogP contribution in [0.3, 0.4) is 0 Å². The molecule has 1 saturated heterocycles. The second kappa shape index (κ2) is 7.23. The molecule has 1 amide bonds. The van der Waals surface area contributed by atoms with Crippen LogP contribution in [0.1, 0.15) is 39.5 Å². The van der Waals surface area contributed by atoms with Crippen LogP contribution in [0.15, 0.2) is 24.3 Å². The lowest BCUT2D eigenvalue weighted by Gasteiger charge is -2.22. The predicted octanol–water partition coefficient (Wildman–Crippen LogP) is 2.81. The van der Waals surface area contributed by atoms with Crippen LogP contribution in [0, 0.1) is 13.8 Å². The Hall–Kier alpha value is -2.76. The molecule has 1 aromatic carbocycles. The maximum Gasteiger partial charge on any atom is 0.252 e. The third-order valence-electron chi connectivity index (χ3n) is 5.07. The zero-order valence-corrected chi connectivity index (χ0v) is 15.7. The number of aromatic nitrogens is 1. The largest absolute Gasteiger partial charge is 0.493 e. The highest BCUT2D eigenvalue weighted by Gasteiger charge is 2.30.